The standard InChI is InChI=1S/C14H22N2O4/c1-3-18-10-11(2)19-7-8-20-13-6-4-5-12(9-13)14(17)16-15/h4-6,9,11H,3,7-8,10,15H2,1-2H3,(H,16,17). The van der Waals surface area contributed by atoms with Crippen LogP contribution >= 0.6 is 0 Å². The first-order valence-electron chi connectivity index (χ1n) is 6.60. The van der Waals surface area contributed by atoms with E-state index in [1.165, 1.54) is 0 Å². The highest BCUT2D eigenvalue weighted by atomic mass is 16.5. The smallest absolute Gasteiger partial charge is 0.265 e. The third kappa shape index (κ3) is 6.01. The lowest BCUT2D eigenvalue weighted by Gasteiger charge is -2.13. The summed E-state index contributed by atoms with van der Waals surface area (Å²) in [5.74, 6) is 5.33. The number of benzene rings is 1. The van der Waals surface area contributed by atoms with Gasteiger partial charge in [0.25, 0.3) is 5.91 Å². The molecule has 1 rings (SSSR count). The van der Waals surface area contributed by atoms with Crippen LogP contribution in [-0.4, -0.2) is 38.4 Å². The molecule has 6 heteroatoms. The molecule has 0 bridgehead atoms. The van der Waals surface area contributed by atoms with Crippen molar-refractivity contribution in [2.45, 2.75) is 20.0 Å². The second-order valence-electron chi connectivity index (χ2n) is 4.19. The summed E-state index contributed by atoms with van der Waals surface area (Å²) in [5.41, 5.74) is 2.53. The van der Waals surface area contributed by atoms with Gasteiger partial charge in [0, 0.05) is 12.2 Å². The molecule has 0 aliphatic carbocycles. The summed E-state index contributed by atoms with van der Waals surface area (Å²) in [6.07, 6.45) is 0.0351. The molecule has 1 amide bonds. The van der Waals surface area contributed by atoms with Gasteiger partial charge in [-0.25, -0.2) is 5.84 Å². The van der Waals surface area contributed by atoms with Crippen molar-refractivity contribution >= 4 is 5.91 Å². The van der Waals surface area contributed by atoms with Crippen molar-refractivity contribution in [3.8, 4) is 5.75 Å². The quantitative estimate of drug-likeness (QED) is 0.307. The minimum Gasteiger partial charge on any atom is -0.491 e. The molecular formula is C14H22N2O4. The van der Waals surface area contributed by atoms with E-state index >= 15 is 0 Å². The maximum Gasteiger partial charge on any atom is 0.265 e. The Morgan fingerprint density at radius 2 is 2.20 bits per heavy atom. The fraction of sp³-hybridized carbons (Fsp3) is 0.500. The molecule has 0 aliphatic rings. The van der Waals surface area contributed by atoms with Gasteiger partial charge < -0.3 is 14.2 Å². The van der Waals surface area contributed by atoms with Crippen LogP contribution in [0.15, 0.2) is 24.3 Å². The van der Waals surface area contributed by atoms with E-state index in [0.717, 1.165) is 0 Å². The molecule has 1 aromatic rings. The van der Waals surface area contributed by atoms with Crippen molar-refractivity contribution in [1.29, 1.82) is 0 Å². The molecule has 0 aromatic heterocycles. The summed E-state index contributed by atoms with van der Waals surface area (Å²) < 4.78 is 16.3. The first kappa shape index (κ1) is 16.4. The Morgan fingerprint density at radius 1 is 1.40 bits per heavy atom. The summed E-state index contributed by atoms with van der Waals surface area (Å²) in [5, 5.41) is 0. The summed E-state index contributed by atoms with van der Waals surface area (Å²) in [7, 11) is 0. The van der Waals surface area contributed by atoms with Crippen LogP contribution in [0.4, 0.5) is 0 Å². The van der Waals surface area contributed by atoms with Crippen molar-refractivity contribution < 1.29 is 19.0 Å². The van der Waals surface area contributed by atoms with Gasteiger partial charge in [-0.05, 0) is 32.0 Å². The van der Waals surface area contributed by atoms with E-state index in [9.17, 15) is 4.79 Å². The highest BCUT2D eigenvalue weighted by Gasteiger charge is 2.05. The number of nitrogens with two attached hydrogens (primary N) is 1. The number of hydrogen-bond acceptors (Lipinski definition) is 5. The number of hydrogen-bond donors (Lipinski definition) is 2. The fourth-order valence-electron chi connectivity index (χ4n) is 1.55. The predicted molar refractivity (Wildman–Crippen MR) is 75.5 cm³/mol. The van der Waals surface area contributed by atoms with Gasteiger partial charge in [0.15, 0.2) is 0 Å². The number of carbonyl (C=O) groups is 1. The molecule has 0 spiro atoms. The van der Waals surface area contributed by atoms with Gasteiger partial charge in [-0.2, -0.15) is 0 Å². The maximum absolute atomic E-state index is 11.4. The number of hydrazine groups is 1. The number of carbonyl (C=O) groups excluding carboxylic acids is 1. The van der Waals surface area contributed by atoms with E-state index in [1.807, 2.05) is 13.8 Å². The van der Waals surface area contributed by atoms with E-state index in [1.54, 1.807) is 24.3 Å². The maximum atomic E-state index is 11.4. The summed E-state index contributed by atoms with van der Waals surface area (Å²) >= 11 is 0. The molecule has 0 heterocycles. The average Bonchev–Trinajstić information content (AvgIpc) is 2.49. The molecule has 1 unspecified atom stereocenters. The van der Waals surface area contributed by atoms with Crippen molar-refractivity contribution in [3.63, 3.8) is 0 Å². The molecule has 112 valence electrons. The van der Waals surface area contributed by atoms with Crippen LogP contribution in [0.25, 0.3) is 0 Å². The molecule has 20 heavy (non-hydrogen) atoms. The molecule has 1 aromatic carbocycles. The Balaban J connectivity index is 2.30. The van der Waals surface area contributed by atoms with Crippen molar-refractivity contribution in [1.82, 2.24) is 5.43 Å². The van der Waals surface area contributed by atoms with E-state index in [2.05, 4.69) is 5.43 Å². The van der Waals surface area contributed by atoms with Crippen LogP contribution in [-0.2, 0) is 9.47 Å². The zero-order valence-electron chi connectivity index (χ0n) is 11.9. The number of rotatable bonds is 9. The van der Waals surface area contributed by atoms with Gasteiger partial charge in [-0.3, -0.25) is 10.2 Å². The Hall–Kier alpha value is -1.63. The van der Waals surface area contributed by atoms with E-state index in [-0.39, 0.29) is 12.0 Å². The minimum atomic E-state index is -0.350. The Morgan fingerprint density at radius 3 is 2.90 bits per heavy atom. The molecule has 0 radical (unpaired) electrons. The van der Waals surface area contributed by atoms with Gasteiger partial charge >= 0.3 is 0 Å². The zero-order valence-corrected chi connectivity index (χ0v) is 11.9. The van der Waals surface area contributed by atoms with E-state index in [0.29, 0.717) is 37.7 Å². The Labute approximate surface area is 119 Å². The molecule has 0 saturated heterocycles. The third-order valence-corrected chi connectivity index (χ3v) is 2.54. The molecule has 6 nitrogen and oxygen atoms in total. The first-order valence-corrected chi connectivity index (χ1v) is 6.60. The lowest BCUT2D eigenvalue weighted by molar-refractivity contribution is -0.0128. The Bertz CT molecular complexity index is 412. The first-order chi connectivity index (χ1) is 9.67. The van der Waals surface area contributed by atoms with Gasteiger partial charge in [0.2, 0.25) is 0 Å². The van der Waals surface area contributed by atoms with Crippen LogP contribution in [0.2, 0.25) is 0 Å². The second kappa shape index (κ2) is 9.30. The van der Waals surface area contributed by atoms with Gasteiger partial charge in [-0.15, -0.1) is 0 Å². The molecule has 0 saturated carbocycles. The van der Waals surface area contributed by atoms with Crippen molar-refractivity contribution in [2.24, 2.45) is 5.84 Å². The lowest BCUT2D eigenvalue weighted by atomic mass is 10.2. The van der Waals surface area contributed by atoms with Crippen molar-refractivity contribution in [3.05, 3.63) is 29.8 Å². The highest BCUT2D eigenvalue weighted by molar-refractivity contribution is 5.94. The third-order valence-electron chi connectivity index (χ3n) is 2.54. The second-order valence-corrected chi connectivity index (χ2v) is 4.19. The van der Waals surface area contributed by atoms with Crippen molar-refractivity contribution in [2.75, 3.05) is 26.4 Å². The predicted octanol–water partition coefficient (Wildman–Crippen LogP) is 1.11. The van der Waals surface area contributed by atoms with Gasteiger partial charge in [0.1, 0.15) is 12.4 Å². The van der Waals surface area contributed by atoms with E-state index in [4.69, 9.17) is 20.1 Å². The molecule has 0 fully saturated rings. The van der Waals surface area contributed by atoms with Gasteiger partial charge in [0.05, 0.1) is 19.3 Å². The topological polar surface area (TPSA) is 82.8 Å². The summed E-state index contributed by atoms with van der Waals surface area (Å²) in [6.45, 7) is 6.01. The fourth-order valence-corrected chi connectivity index (χ4v) is 1.55. The SMILES string of the molecule is CCOCC(C)OCCOc1cccc(C(=O)NN)c1. The normalized spacial score (nSPS) is 11.9. The number of nitrogens with one attached hydrogen (secondary N) is 1. The van der Waals surface area contributed by atoms with Crippen LogP contribution in [0.1, 0.15) is 24.2 Å². The molecular weight excluding hydrogens is 260 g/mol. The Kier molecular flexibility index (Phi) is 7.64. The van der Waals surface area contributed by atoms with E-state index < -0.39 is 0 Å². The molecule has 3 N–H and O–H groups in total. The number of ether oxygens (including phenoxy) is 3. The summed E-state index contributed by atoms with van der Waals surface area (Å²) in [6, 6.07) is 6.80. The van der Waals surface area contributed by atoms with Crippen LogP contribution < -0.4 is 16.0 Å². The number of amides is 1. The highest BCUT2D eigenvalue weighted by Crippen LogP contribution is 2.13. The van der Waals surface area contributed by atoms with Gasteiger partial charge in [-0.1, -0.05) is 6.07 Å². The lowest BCUT2D eigenvalue weighted by Crippen LogP contribution is -2.29. The zero-order chi connectivity index (χ0) is 14.8. The largest absolute Gasteiger partial charge is 0.491 e. The average molecular weight is 282 g/mol. The monoisotopic (exact) mass is 282 g/mol. The minimum absolute atomic E-state index is 0.0351. The van der Waals surface area contributed by atoms with Crippen LogP contribution in [0.5, 0.6) is 5.75 Å². The van der Waals surface area contributed by atoms with Crippen LogP contribution in [0.3, 0.4) is 0 Å². The van der Waals surface area contributed by atoms with Crippen LogP contribution in [0, 0.1) is 0 Å². The number of nitrogen functional groups attached to an aromatic ring is 1. The molecule has 0 aliphatic heterocycles. The molecule has 1 atom stereocenters. The summed E-state index contributed by atoms with van der Waals surface area (Å²) in [4.78, 5) is 11.4.